The minimum absolute atomic E-state index is 0.0310. The quantitative estimate of drug-likeness (QED) is 0.124. The highest BCUT2D eigenvalue weighted by atomic mass is 16.7. The molecule has 17 nitrogen and oxygen atoms in total. The molecule has 5 bridgehead atoms. The molecule has 1 aromatic heterocycles. The summed E-state index contributed by atoms with van der Waals surface area (Å²) in [5.74, 6) is -6.23. The van der Waals surface area contributed by atoms with E-state index in [2.05, 4.69) is 10.2 Å². The highest BCUT2D eigenvalue weighted by Crippen LogP contribution is 2.42. The van der Waals surface area contributed by atoms with Crippen LogP contribution in [0.25, 0.3) is 38.7 Å². The normalized spacial score (nSPS) is 30.3. The molecule has 65 heavy (non-hydrogen) atoms. The molecule has 9 atom stereocenters. The fourth-order valence-electron chi connectivity index (χ4n) is 9.12. The van der Waals surface area contributed by atoms with Gasteiger partial charge in [0.1, 0.15) is 22.7 Å². The van der Waals surface area contributed by atoms with Gasteiger partial charge in [-0.05, 0) is 19.9 Å². The summed E-state index contributed by atoms with van der Waals surface area (Å²) in [5.41, 5.74) is -1.37. The number of ether oxygens (including phenoxy) is 4. The maximum absolute atomic E-state index is 14.8. The van der Waals surface area contributed by atoms with E-state index in [1.165, 1.54) is 52.4 Å². The average molecular weight is 901 g/mol. The van der Waals surface area contributed by atoms with Gasteiger partial charge in [-0.1, -0.05) is 45.9 Å². The molecular formula is C48H60N4O13. The van der Waals surface area contributed by atoms with Gasteiger partial charge >= 0.3 is 5.79 Å². The van der Waals surface area contributed by atoms with Crippen molar-refractivity contribution in [2.24, 2.45) is 23.7 Å². The Morgan fingerprint density at radius 1 is 0.892 bits per heavy atom. The van der Waals surface area contributed by atoms with Crippen molar-refractivity contribution in [2.45, 2.75) is 78.7 Å². The molecule has 3 aliphatic rings. The lowest BCUT2D eigenvalue weighted by Gasteiger charge is -2.36. The predicted molar refractivity (Wildman–Crippen MR) is 246 cm³/mol. The molecule has 0 spiro atoms. The van der Waals surface area contributed by atoms with Crippen molar-refractivity contribution < 1.29 is 53.7 Å². The van der Waals surface area contributed by atoms with E-state index in [1.807, 2.05) is 4.90 Å². The predicted octanol–water partition coefficient (Wildman–Crippen LogP) is 3.76. The number of aliphatic hydroxyl groups is 4. The van der Waals surface area contributed by atoms with Crippen LogP contribution in [-0.2, 0) is 19.0 Å². The zero-order chi connectivity index (χ0) is 47.2. The molecule has 6 N–H and O–H groups in total. The zero-order valence-electron chi connectivity index (χ0n) is 38.2. The summed E-state index contributed by atoms with van der Waals surface area (Å²) in [6.45, 7) is 15.4. The minimum atomic E-state index is -1.96. The largest absolute Gasteiger partial charge is 0.507 e. The molecule has 0 unspecified atom stereocenters. The number of aromatic hydroxyl groups is 1. The van der Waals surface area contributed by atoms with E-state index < -0.39 is 82.1 Å². The fraction of sp³-hybridized carbons (Fsp3) is 0.500. The summed E-state index contributed by atoms with van der Waals surface area (Å²) < 4.78 is 29.8. The molecule has 1 saturated heterocycles. The van der Waals surface area contributed by atoms with Crippen molar-refractivity contribution in [1.82, 2.24) is 9.88 Å². The van der Waals surface area contributed by atoms with Crippen LogP contribution in [0.2, 0.25) is 0 Å². The second-order valence-corrected chi connectivity index (χ2v) is 17.8. The Morgan fingerprint density at radius 3 is 2.25 bits per heavy atom. The molecule has 350 valence electrons. The Balaban J connectivity index is 1.45. The second-order valence-electron chi connectivity index (χ2n) is 17.8. The average Bonchev–Trinajstić information content (AvgIpc) is 3.56. The molecule has 7 rings (SSSR count). The lowest BCUT2D eigenvalue weighted by atomic mass is 9.78. The van der Waals surface area contributed by atoms with Crippen molar-refractivity contribution >= 4 is 56.0 Å². The smallest absolute Gasteiger partial charge is 0.307 e. The first-order chi connectivity index (χ1) is 30.8. The Bertz CT molecular complexity index is 2760. The highest BCUT2D eigenvalue weighted by Gasteiger charge is 2.44. The van der Waals surface area contributed by atoms with E-state index >= 15 is 0 Å². The molecule has 1 amide bonds. The number of allylic oxidation sites excluding steroid dienone is 2. The lowest BCUT2D eigenvalue weighted by molar-refractivity contribution is -0.112. The summed E-state index contributed by atoms with van der Waals surface area (Å²) in [7, 11) is 3.10. The van der Waals surface area contributed by atoms with E-state index in [1.54, 1.807) is 53.0 Å². The number of phenols is 1. The first kappa shape index (κ1) is 47.4. The molecule has 3 aliphatic heterocycles. The van der Waals surface area contributed by atoms with Crippen LogP contribution in [0.15, 0.2) is 62.3 Å². The van der Waals surface area contributed by atoms with Crippen molar-refractivity contribution in [3.63, 3.8) is 0 Å². The van der Waals surface area contributed by atoms with Gasteiger partial charge in [0.15, 0.2) is 22.4 Å². The van der Waals surface area contributed by atoms with Crippen molar-refractivity contribution in [1.29, 1.82) is 0 Å². The van der Waals surface area contributed by atoms with Crippen molar-refractivity contribution in [3.8, 4) is 11.5 Å². The molecule has 0 saturated carbocycles. The van der Waals surface area contributed by atoms with Gasteiger partial charge in [-0.3, -0.25) is 19.3 Å². The molecule has 0 radical (unpaired) electrons. The van der Waals surface area contributed by atoms with Gasteiger partial charge in [0, 0.05) is 112 Å². The van der Waals surface area contributed by atoms with E-state index in [0.29, 0.717) is 25.4 Å². The SMILES string of the molecule is COCCN1CCN(c2cc(=O)c3nc4c(oc3c2)c2c(=O)c3c(O)c(C)c5c(c34)=C(O)[C@@](C)(O/C=C/[C@H](OC)[C@@H](C)[C@@H](O)[C@H](C)[C@H](O)[C@H](C)[C@@H](O)[C@@H](C)/C=C/C=C(/C)C(=O)N2)O5)CC1. The number of aliphatic hydroxyl groups excluding tert-OH is 4. The summed E-state index contributed by atoms with van der Waals surface area (Å²) in [5, 5.41) is 60.2. The van der Waals surface area contributed by atoms with Gasteiger partial charge < -0.3 is 59.1 Å². The Morgan fingerprint density at radius 2 is 1.57 bits per heavy atom. The van der Waals surface area contributed by atoms with Crippen LogP contribution < -0.4 is 31.0 Å². The van der Waals surface area contributed by atoms with E-state index in [-0.39, 0.29) is 60.8 Å². The lowest BCUT2D eigenvalue weighted by Crippen LogP contribution is -2.47. The second kappa shape index (κ2) is 18.7. The Kier molecular flexibility index (Phi) is 13.7. The van der Waals surface area contributed by atoms with Gasteiger partial charge in [0.25, 0.3) is 5.91 Å². The maximum atomic E-state index is 14.8. The molecule has 3 aromatic carbocycles. The standard InChI is InChI=1S/C48H60N4O13/c1-23-11-10-12-24(2)47(60)50-38-43(58)34-33(37-45(38)64-32-22-29(21-30(53)36(32)49-37)52-16-14-51(15-17-52)18-20-61-8)35-44(28(6)42(34)57)65-48(7,46(35)59)63-19-13-31(62-9)25(3)40(55)27(5)41(56)26(4)39(23)54/h10-13,19,21-23,25-27,31,39-41,54-57,59H,14-18,20H2,1-9H3,(H,50,60)/b11-10+,19-13+,24-12-/t23-,25+,26+,27-,31-,39-,40+,41+,48-/m0/s1. The van der Waals surface area contributed by atoms with Gasteiger partial charge in [-0.15, -0.1) is 0 Å². The Labute approximate surface area is 375 Å². The highest BCUT2D eigenvalue weighted by molar-refractivity contribution is 6.16. The number of carbonyl (C=O) groups is 1. The maximum Gasteiger partial charge on any atom is 0.307 e. The third kappa shape index (κ3) is 8.68. The Hall–Kier alpha value is -5.56. The molecule has 17 heteroatoms. The molecular weight excluding hydrogens is 841 g/mol. The minimum Gasteiger partial charge on any atom is -0.507 e. The van der Waals surface area contributed by atoms with E-state index in [4.69, 9.17) is 28.3 Å². The third-order valence-electron chi connectivity index (χ3n) is 13.5. The zero-order valence-corrected chi connectivity index (χ0v) is 38.2. The summed E-state index contributed by atoms with van der Waals surface area (Å²) >= 11 is 0. The number of anilines is 2. The van der Waals surface area contributed by atoms with Gasteiger partial charge in [-0.25, -0.2) is 4.98 Å². The van der Waals surface area contributed by atoms with Crippen LogP contribution in [0.4, 0.5) is 11.4 Å². The van der Waals surface area contributed by atoms with E-state index in [9.17, 15) is 39.9 Å². The fourth-order valence-corrected chi connectivity index (χ4v) is 9.12. The number of amides is 1. The van der Waals surface area contributed by atoms with Crippen LogP contribution in [0.1, 0.15) is 47.1 Å². The summed E-state index contributed by atoms with van der Waals surface area (Å²) in [4.78, 5) is 51.9. The molecule has 1 fully saturated rings. The number of hydrogen-bond donors (Lipinski definition) is 6. The number of nitrogens with zero attached hydrogens (tertiary/aromatic N) is 3. The first-order valence-corrected chi connectivity index (χ1v) is 21.9. The van der Waals surface area contributed by atoms with E-state index in [0.717, 1.165) is 19.6 Å². The number of methoxy groups -OCH3 is 2. The monoisotopic (exact) mass is 900 g/mol. The molecule has 4 aromatic rings. The number of carbonyl (C=O) groups excluding carboxylic acids is 1. The van der Waals surface area contributed by atoms with Crippen LogP contribution in [0.5, 0.6) is 11.5 Å². The number of hydrogen-bond acceptors (Lipinski definition) is 16. The number of benzene rings is 3. The number of aromatic nitrogens is 1. The van der Waals surface area contributed by atoms with Gasteiger partial charge in [-0.2, -0.15) is 0 Å². The van der Waals surface area contributed by atoms with Gasteiger partial charge in [0.2, 0.25) is 10.9 Å². The number of phenolic OH excluding ortho intramolecular Hbond substituents is 1. The number of piperazine rings is 1. The topological polar surface area (TPSA) is 234 Å². The molecule has 0 aliphatic carbocycles. The van der Waals surface area contributed by atoms with Crippen LogP contribution in [-0.4, -0.2) is 125 Å². The van der Waals surface area contributed by atoms with Crippen LogP contribution in [0, 0.1) is 30.6 Å². The van der Waals surface area contributed by atoms with Crippen LogP contribution in [0.3, 0.4) is 0 Å². The number of rotatable bonds is 5. The third-order valence-corrected chi connectivity index (χ3v) is 13.5. The number of fused-ring (bicyclic) bond motifs is 5. The first-order valence-electron chi connectivity index (χ1n) is 21.9. The summed E-state index contributed by atoms with van der Waals surface area (Å²) in [6.07, 6.45) is 3.46. The van der Waals surface area contributed by atoms with Crippen LogP contribution >= 0.6 is 0 Å². The van der Waals surface area contributed by atoms with Crippen molar-refractivity contribution in [2.75, 3.05) is 63.8 Å². The molecule has 4 heterocycles. The summed E-state index contributed by atoms with van der Waals surface area (Å²) in [6, 6.07) is 3.12. The van der Waals surface area contributed by atoms with Gasteiger partial charge in [0.05, 0.1) is 47.9 Å². The van der Waals surface area contributed by atoms with Crippen molar-refractivity contribution in [3.05, 3.63) is 79.5 Å². The number of nitrogens with one attached hydrogen (secondary N) is 1.